The number of nitrogens with one attached hydrogen (secondary N) is 1. The third-order valence-corrected chi connectivity index (χ3v) is 3.40. The Morgan fingerprint density at radius 2 is 2.31 bits per heavy atom. The van der Waals surface area contributed by atoms with E-state index in [1.165, 1.54) is 17.9 Å². The topological polar surface area (TPSA) is 29.9 Å². The fraction of sp³-hybridized carbons (Fsp3) is 0.769. The molecule has 2 atom stereocenters. The van der Waals surface area contributed by atoms with Crippen LogP contribution in [0, 0.1) is 11.8 Å². The Balaban J connectivity index is 2.25. The van der Waals surface area contributed by atoms with Gasteiger partial charge in [-0.05, 0) is 24.7 Å². The van der Waals surface area contributed by atoms with Crippen molar-refractivity contribution in [2.75, 3.05) is 11.9 Å². The quantitative estimate of drug-likeness (QED) is 0.850. The summed E-state index contributed by atoms with van der Waals surface area (Å²) >= 11 is 0. The Kier molecular flexibility index (Phi) is 3.22. The van der Waals surface area contributed by atoms with E-state index in [4.69, 9.17) is 5.10 Å². The lowest BCUT2D eigenvalue weighted by Gasteiger charge is -2.30. The van der Waals surface area contributed by atoms with Gasteiger partial charge in [-0.3, -0.25) is 0 Å². The maximum atomic E-state index is 4.75. The van der Waals surface area contributed by atoms with Crippen LogP contribution in [0.1, 0.15) is 45.9 Å². The zero-order chi connectivity index (χ0) is 11.7. The first-order valence-electron chi connectivity index (χ1n) is 6.44. The van der Waals surface area contributed by atoms with Crippen LogP contribution >= 0.6 is 0 Å². The molecule has 0 radical (unpaired) electrons. The molecule has 1 N–H and O–H groups in total. The van der Waals surface area contributed by atoms with Crippen molar-refractivity contribution in [3.05, 3.63) is 11.8 Å². The Morgan fingerprint density at radius 3 is 2.94 bits per heavy atom. The molecule has 0 fully saturated rings. The smallest absolute Gasteiger partial charge is 0.124 e. The molecule has 0 aliphatic carbocycles. The van der Waals surface area contributed by atoms with E-state index < -0.39 is 0 Å². The molecule has 0 spiro atoms. The lowest BCUT2D eigenvalue weighted by atomic mass is 9.98. The van der Waals surface area contributed by atoms with E-state index >= 15 is 0 Å². The summed E-state index contributed by atoms with van der Waals surface area (Å²) in [6.45, 7) is 10.1. The molecule has 16 heavy (non-hydrogen) atoms. The van der Waals surface area contributed by atoms with E-state index in [2.05, 4.69) is 43.8 Å². The molecule has 90 valence electrons. The Morgan fingerprint density at radius 1 is 1.56 bits per heavy atom. The van der Waals surface area contributed by atoms with Gasteiger partial charge in [-0.25, -0.2) is 4.68 Å². The second-order valence-electron chi connectivity index (χ2n) is 5.40. The minimum absolute atomic E-state index is 0.567. The molecular formula is C13H23N3. The van der Waals surface area contributed by atoms with Crippen molar-refractivity contribution >= 4 is 5.82 Å². The second kappa shape index (κ2) is 4.48. The summed E-state index contributed by atoms with van der Waals surface area (Å²) in [6.07, 6.45) is 2.24. The molecule has 2 unspecified atom stereocenters. The van der Waals surface area contributed by atoms with Crippen molar-refractivity contribution in [3.8, 4) is 0 Å². The number of hydrogen-bond acceptors (Lipinski definition) is 2. The van der Waals surface area contributed by atoms with E-state index in [-0.39, 0.29) is 0 Å². The minimum atomic E-state index is 0.567. The molecule has 2 heterocycles. The van der Waals surface area contributed by atoms with Crippen LogP contribution in [0.3, 0.4) is 0 Å². The molecule has 1 aromatic heterocycles. The van der Waals surface area contributed by atoms with Gasteiger partial charge in [0.1, 0.15) is 5.82 Å². The first-order valence-corrected chi connectivity index (χ1v) is 6.44. The normalized spacial score (nSPS) is 24.3. The zero-order valence-electron chi connectivity index (χ0n) is 10.8. The lowest BCUT2D eigenvalue weighted by Crippen LogP contribution is -2.30. The fourth-order valence-corrected chi connectivity index (χ4v) is 2.57. The van der Waals surface area contributed by atoms with Crippen LogP contribution < -0.4 is 5.32 Å². The number of rotatable bonds is 3. The van der Waals surface area contributed by atoms with Gasteiger partial charge < -0.3 is 5.32 Å². The molecule has 0 aromatic carbocycles. The van der Waals surface area contributed by atoms with Crippen molar-refractivity contribution in [1.29, 1.82) is 0 Å². The SMILES string of the molecule is CCC1C(C)CNc2cc(CC(C)C)nn21. The predicted molar refractivity (Wildman–Crippen MR) is 67.8 cm³/mol. The van der Waals surface area contributed by atoms with Crippen LogP contribution in [0.2, 0.25) is 0 Å². The fourth-order valence-electron chi connectivity index (χ4n) is 2.57. The van der Waals surface area contributed by atoms with Gasteiger partial charge in [-0.1, -0.05) is 27.7 Å². The van der Waals surface area contributed by atoms with Gasteiger partial charge in [0.15, 0.2) is 0 Å². The van der Waals surface area contributed by atoms with Gasteiger partial charge in [0, 0.05) is 12.6 Å². The number of anilines is 1. The largest absolute Gasteiger partial charge is 0.370 e. The number of aromatic nitrogens is 2. The highest BCUT2D eigenvalue weighted by Gasteiger charge is 2.26. The van der Waals surface area contributed by atoms with E-state index in [0.717, 1.165) is 13.0 Å². The van der Waals surface area contributed by atoms with E-state index in [1.54, 1.807) is 0 Å². The minimum Gasteiger partial charge on any atom is -0.370 e. The summed E-state index contributed by atoms with van der Waals surface area (Å²) in [7, 11) is 0. The zero-order valence-corrected chi connectivity index (χ0v) is 10.8. The van der Waals surface area contributed by atoms with Crippen LogP contribution in [0.15, 0.2) is 6.07 Å². The van der Waals surface area contributed by atoms with Crippen molar-refractivity contribution in [3.63, 3.8) is 0 Å². The van der Waals surface area contributed by atoms with Gasteiger partial charge in [0.2, 0.25) is 0 Å². The molecule has 3 nitrogen and oxygen atoms in total. The summed E-state index contributed by atoms with van der Waals surface area (Å²) in [6, 6.07) is 2.78. The van der Waals surface area contributed by atoms with Crippen LogP contribution in [0.25, 0.3) is 0 Å². The number of fused-ring (bicyclic) bond motifs is 1. The maximum Gasteiger partial charge on any atom is 0.124 e. The van der Waals surface area contributed by atoms with E-state index in [1.807, 2.05) is 0 Å². The highest BCUT2D eigenvalue weighted by atomic mass is 15.4. The molecule has 0 amide bonds. The van der Waals surface area contributed by atoms with Gasteiger partial charge in [-0.15, -0.1) is 0 Å². The van der Waals surface area contributed by atoms with E-state index in [0.29, 0.717) is 17.9 Å². The molecule has 1 aliphatic heterocycles. The molecule has 2 rings (SSSR count). The molecule has 0 saturated carbocycles. The van der Waals surface area contributed by atoms with Gasteiger partial charge >= 0.3 is 0 Å². The number of hydrogen-bond donors (Lipinski definition) is 1. The third-order valence-electron chi connectivity index (χ3n) is 3.40. The van der Waals surface area contributed by atoms with E-state index in [9.17, 15) is 0 Å². The second-order valence-corrected chi connectivity index (χ2v) is 5.40. The summed E-state index contributed by atoms with van der Waals surface area (Å²) in [5, 5.41) is 8.22. The van der Waals surface area contributed by atoms with Crippen molar-refractivity contribution < 1.29 is 0 Å². The molecule has 1 aromatic rings. The first-order chi connectivity index (χ1) is 7.61. The summed E-state index contributed by atoms with van der Waals surface area (Å²) in [5.41, 5.74) is 1.23. The third kappa shape index (κ3) is 2.08. The monoisotopic (exact) mass is 221 g/mol. The highest BCUT2D eigenvalue weighted by Crippen LogP contribution is 2.30. The van der Waals surface area contributed by atoms with Crippen LogP contribution in [0.4, 0.5) is 5.82 Å². The standard InChI is InChI=1S/C13H23N3/c1-5-12-10(4)8-14-13-7-11(6-9(2)3)15-16(12)13/h7,9-10,12,14H,5-6,8H2,1-4H3. The molecule has 0 bridgehead atoms. The molecule has 1 aliphatic rings. The number of nitrogens with zero attached hydrogens (tertiary/aromatic N) is 2. The van der Waals surface area contributed by atoms with Gasteiger partial charge in [0.05, 0.1) is 11.7 Å². The highest BCUT2D eigenvalue weighted by molar-refractivity contribution is 5.39. The van der Waals surface area contributed by atoms with Gasteiger partial charge in [0.25, 0.3) is 0 Å². The van der Waals surface area contributed by atoms with Crippen molar-refractivity contribution in [2.45, 2.75) is 46.6 Å². The van der Waals surface area contributed by atoms with Crippen molar-refractivity contribution in [2.24, 2.45) is 11.8 Å². The Labute approximate surface area is 98.2 Å². The maximum absolute atomic E-state index is 4.75. The van der Waals surface area contributed by atoms with Crippen molar-refractivity contribution in [1.82, 2.24) is 9.78 Å². The summed E-state index contributed by atoms with van der Waals surface area (Å²) < 4.78 is 2.20. The lowest BCUT2D eigenvalue weighted by molar-refractivity contribution is 0.311. The van der Waals surface area contributed by atoms with Crippen LogP contribution in [-0.2, 0) is 6.42 Å². The average molecular weight is 221 g/mol. The molecular weight excluding hydrogens is 198 g/mol. The summed E-state index contributed by atoms with van der Waals surface area (Å²) in [4.78, 5) is 0. The average Bonchev–Trinajstić information content (AvgIpc) is 2.59. The summed E-state index contributed by atoms with van der Waals surface area (Å²) in [5.74, 6) is 2.55. The van der Waals surface area contributed by atoms with Crippen LogP contribution in [-0.4, -0.2) is 16.3 Å². The van der Waals surface area contributed by atoms with Crippen LogP contribution in [0.5, 0.6) is 0 Å². The van der Waals surface area contributed by atoms with Gasteiger partial charge in [-0.2, -0.15) is 5.10 Å². The molecule has 0 saturated heterocycles. The Hall–Kier alpha value is -0.990. The molecule has 3 heteroatoms. The first kappa shape index (κ1) is 11.5. The Bertz CT molecular complexity index is 354. The predicted octanol–water partition coefficient (Wildman–Crippen LogP) is 3.09.